The maximum absolute atomic E-state index is 5.89. The Kier molecular flexibility index (Phi) is 4.66. The first-order chi connectivity index (χ1) is 10.2. The van der Waals surface area contributed by atoms with Crippen LogP contribution in [-0.4, -0.2) is 26.3 Å². The molecule has 0 bridgehead atoms. The maximum Gasteiger partial charge on any atom is 0.0537 e. The zero-order valence-electron chi connectivity index (χ0n) is 13.5. The average molecular weight is 287 g/mol. The second-order valence-electron chi connectivity index (χ2n) is 7.40. The molecule has 1 aromatic carbocycles. The van der Waals surface area contributed by atoms with Gasteiger partial charge in [0, 0.05) is 18.6 Å². The number of rotatable bonds is 6. The van der Waals surface area contributed by atoms with E-state index in [4.69, 9.17) is 4.74 Å². The van der Waals surface area contributed by atoms with E-state index < -0.39 is 0 Å². The van der Waals surface area contributed by atoms with Crippen LogP contribution >= 0.6 is 0 Å². The summed E-state index contributed by atoms with van der Waals surface area (Å²) in [4.78, 5) is 0. The Morgan fingerprint density at radius 2 is 2.10 bits per heavy atom. The van der Waals surface area contributed by atoms with E-state index >= 15 is 0 Å². The van der Waals surface area contributed by atoms with Crippen molar-refractivity contribution < 1.29 is 4.74 Å². The highest BCUT2D eigenvalue weighted by molar-refractivity contribution is 5.27. The summed E-state index contributed by atoms with van der Waals surface area (Å²) in [6.45, 7) is 8.70. The number of hydrogen-bond donors (Lipinski definition) is 1. The molecule has 116 valence electrons. The highest BCUT2D eigenvalue weighted by Gasteiger charge is 2.53. The van der Waals surface area contributed by atoms with Gasteiger partial charge in [0.15, 0.2) is 0 Å². The summed E-state index contributed by atoms with van der Waals surface area (Å²) in [7, 11) is 0. The van der Waals surface area contributed by atoms with Gasteiger partial charge < -0.3 is 10.1 Å². The van der Waals surface area contributed by atoms with Gasteiger partial charge in [-0.25, -0.2) is 0 Å². The highest BCUT2D eigenvalue weighted by atomic mass is 16.5. The molecule has 0 spiro atoms. The van der Waals surface area contributed by atoms with Crippen molar-refractivity contribution in [2.75, 3.05) is 26.3 Å². The third kappa shape index (κ3) is 3.49. The average Bonchev–Trinajstić information content (AvgIpc) is 3.30. The van der Waals surface area contributed by atoms with Gasteiger partial charge in [0.05, 0.1) is 6.61 Å². The van der Waals surface area contributed by atoms with Crippen LogP contribution in [0.4, 0.5) is 0 Å². The van der Waals surface area contributed by atoms with Crippen molar-refractivity contribution in [1.82, 2.24) is 5.32 Å². The third-order valence-corrected chi connectivity index (χ3v) is 5.19. The summed E-state index contributed by atoms with van der Waals surface area (Å²) < 4.78 is 5.89. The molecule has 3 rings (SSSR count). The Labute approximate surface area is 129 Å². The predicted molar refractivity (Wildman–Crippen MR) is 87.5 cm³/mol. The van der Waals surface area contributed by atoms with Gasteiger partial charge in [0.25, 0.3) is 0 Å². The summed E-state index contributed by atoms with van der Waals surface area (Å²) in [5, 5.41) is 3.71. The molecule has 0 aromatic heterocycles. The van der Waals surface area contributed by atoms with Gasteiger partial charge in [-0.1, -0.05) is 44.2 Å². The molecule has 2 heteroatoms. The lowest BCUT2D eigenvalue weighted by Gasteiger charge is -2.38. The van der Waals surface area contributed by atoms with Crippen molar-refractivity contribution >= 4 is 0 Å². The topological polar surface area (TPSA) is 21.3 Å². The molecule has 1 aromatic rings. The van der Waals surface area contributed by atoms with E-state index in [1.807, 2.05) is 0 Å². The Morgan fingerprint density at radius 1 is 1.29 bits per heavy atom. The molecule has 3 atom stereocenters. The molecule has 21 heavy (non-hydrogen) atoms. The molecule has 2 fully saturated rings. The van der Waals surface area contributed by atoms with Crippen LogP contribution in [0.25, 0.3) is 0 Å². The Hall–Kier alpha value is -0.860. The van der Waals surface area contributed by atoms with Crippen molar-refractivity contribution in [2.24, 2.45) is 17.3 Å². The quantitative estimate of drug-likeness (QED) is 0.858. The van der Waals surface area contributed by atoms with E-state index in [2.05, 4.69) is 49.5 Å². The van der Waals surface area contributed by atoms with Crippen LogP contribution in [0.5, 0.6) is 0 Å². The van der Waals surface area contributed by atoms with Gasteiger partial charge in [-0.15, -0.1) is 0 Å². The van der Waals surface area contributed by atoms with Crippen LogP contribution in [0.2, 0.25) is 0 Å². The van der Waals surface area contributed by atoms with Crippen molar-refractivity contribution in [3.8, 4) is 0 Å². The van der Waals surface area contributed by atoms with Crippen molar-refractivity contribution in [3.63, 3.8) is 0 Å². The minimum absolute atomic E-state index is 0.369. The maximum atomic E-state index is 5.89. The van der Waals surface area contributed by atoms with E-state index in [-0.39, 0.29) is 0 Å². The van der Waals surface area contributed by atoms with E-state index in [9.17, 15) is 0 Å². The molecule has 3 unspecified atom stereocenters. The molecule has 1 aliphatic heterocycles. The molecular formula is C19H29NO. The smallest absolute Gasteiger partial charge is 0.0537 e. The SMILES string of the molecule is CC(C)CNCC1(C2CC2c2ccccc2)CCCOC1. The largest absolute Gasteiger partial charge is 0.381 e. The molecule has 1 saturated heterocycles. The zero-order valence-corrected chi connectivity index (χ0v) is 13.5. The number of ether oxygens (including phenoxy) is 1. The second kappa shape index (κ2) is 6.50. The van der Waals surface area contributed by atoms with Crippen molar-refractivity contribution in [1.29, 1.82) is 0 Å². The minimum Gasteiger partial charge on any atom is -0.381 e. The molecular weight excluding hydrogens is 258 g/mol. The second-order valence-corrected chi connectivity index (χ2v) is 7.40. The Bertz CT molecular complexity index is 436. The van der Waals surface area contributed by atoms with Crippen molar-refractivity contribution in [3.05, 3.63) is 35.9 Å². The van der Waals surface area contributed by atoms with Crippen LogP contribution in [0.3, 0.4) is 0 Å². The first-order valence-corrected chi connectivity index (χ1v) is 8.55. The molecule has 0 radical (unpaired) electrons. The molecule has 1 aliphatic carbocycles. The molecule has 2 nitrogen and oxygen atoms in total. The molecule has 1 saturated carbocycles. The summed E-state index contributed by atoms with van der Waals surface area (Å²) in [6.07, 6.45) is 3.89. The number of hydrogen-bond acceptors (Lipinski definition) is 2. The summed E-state index contributed by atoms with van der Waals surface area (Å²) in [5.41, 5.74) is 1.89. The first-order valence-electron chi connectivity index (χ1n) is 8.55. The van der Waals surface area contributed by atoms with Crippen LogP contribution < -0.4 is 5.32 Å². The molecule has 1 heterocycles. The fourth-order valence-electron chi connectivity index (χ4n) is 3.99. The Morgan fingerprint density at radius 3 is 2.76 bits per heavy atom. The third-order valence-electron chi connectivity index (χ3n) is 5.19. The summed E-state index contributed by atoms with van der Waals surface area (Å²) >= 11 is 0. The van der Waals surface area contributed by atoms with Crippen LogP contribution in [0, 0.1) is 17.3 Å². The van der Waals surface area contributed by atoms with Gasteiger partial charge in [0.2, 0.25) is 0 Å². The van der Waals surface area contributed by atoms with Crippen molar-refractivity contribution in [2.45, 2.75) is 39.0 Å². The predicted octanol–water partition coefficient (Wildman–Crippen LogP) is 3.83. The monoisotopic (exact) mass is 287 g/mol. The standard InChI is InChI=1S/C19H29NO/c1-15(2)12-20-13-19(9-6-10-21-14-19)18-11-17(18)16-7-4-3-5-8-16/h3-5,7-8,15,17-18,20H,6,9-14H2,1-2H3. The summed E-state index contributed by atoms with van der Waals surface area (Å²) in [5.74, 6) is 2.28. The van der Waals surface area contributed by atoms with Gasteiger partial charge in [-0.05, 0) is 49.1 Å². The van der Waals surface area contributed by atoms with Gasteiger partial charge >= 0.3 is 0 Å². The van der Waals surface area contributed by atoms with E-state index in [1.54, 1.807) is 0 Å². The fraction of sp³-hybridized carbons (Fsp3) is 0.684. The van der Waals surface area contributed by atoms with Gasteiger partial charge in [-0.3, -0.25) is 0 Å². The summed E-state index contributed by atoms with van der Waals surface area (Å²) in [6, 6.07) is 11.1. The molecule has 2 aliphatic rings. The van der Waals surface area contributed by atoms with Gasteiger partial charge in [0.1, 0.15) is 0 Å². The minimum atomic E-state index is 0.369. The molecule has 0 amide bonds. The highest BCUT2D eigenvalue weighted by Crippen LogP contribution is 2.59. The van der Waals surface area contributed by atoms with Crippen LogP contribution in [0.15, 0.2) is 30.3 Å². The van der Waals surface area contributed by atoms with E-state index in [1.165, 1.54) is 24.8 Å². The number of benzene rings is 1. The van der Waals surface area contributed by atoms with E-state index in [0.29, 0.717) is 5.41 Å². The zero-order chi connectivity index (χ0) is 14.7. The normalized spacial score (nSPS) is 32.3. The fourth-order valence-corrected chi connectivity index (χ4v) is 3.99. The van der Waals surface area contributed by atoms with Gasteiger partial charge in [-0.2, -0.15) is 0 Å². The Balaban J connectivity index is 1.66. The number of nitrogens with one attached hydrogen (secondary N) is 1. The van der Waals surface area contributed by atoms with Crippen LogP contribution in [0.1, 0.15) is 44.6 Å². The van der Waals surface area contributed by atoms with E-state index in [0.717, 1.165) is 44.1 Å². The van der Waals surface area contributed by atoms with Crippen LogP contribution in [-0.2, 0) is 4.74 Å². The lowest BCUT2D eigenvalue weighted by Crippen LogP contribution is -2.44. The molecule has 1 N–H and O–H groups in total. The first kappa shape index (κ1) is 15.1. The lowest BCUT2D eigenvalue weighted by molar-refractivity contribution is -0.0214. The lowest BCUT2D eigenvalue weighted by atomic mass is 9.76.